The molecule has 0 aromatic heterocycles. The Bertz CT molecular complexity index is 327. The van der Waals surface area contributed by atoms with E-state index < -0.39 is 0 Å². The van der Waals surface area contributed by atoms with Gasteiger partial charge in [0.2, 0.25) is 0 Å². The summed E-state index contributed by atoms with van der Waals surface area (Å²) in [7, 11) is 4.10. The Kier molecular flexibility index (Phi) is 9.36. The number of aliphatic imine (C=N–C) groups is 1. The number of rotatable bonds is 4. The predicted molar refractivity (Wildman–Crippen MR) is 105 cm³/mol. The molecule has 2 aliphatic rings. The Morgan fingerprint density at radius 2 is 2.14 bits per heavy atom. The lowest BCUT2D eigenvalue weighted by Crippen LogP contribution is -2.46. The van der Waals surface area contributed by atoms with E-state index in [4.69, 9.17) is 0 Å². The molecule has 21 heavy (non-hydrogen) atoms. The quantitative estimate of drug-likeness (QED) is 0.412. The second kappa shape index (κ2) is 10.2. The fourth-order valence-corrected chi connectivity index (χ4v) is 4.15. The maximum absolute atomic E-state index is 4.38. The van der Waals surface area contributed by atoms with Crippen LogP contribution in [0.2, 0.25) is 0 Å². The highest BCUT2D eigenvalue weighted by atomic mass is 127. The topological polar surface area (TPSA) is 39.7 Å². The van der Waals surface area contributed by atoms with Crippen molar-refractivity contribution in [3.63, 3.8) is 0 Å². The highest BCUT2D eigenvalue weighted by Gasteiger charge is 2.24. The van der Waals surface area contributed by atoms with Crippen molar-refractivity contribution in [1.82, 2.24) is 15.5 Å². The molecule has 6 heteroatoms. The normalized spacial score (nSPS) is 30.8. The van der Waals surface area contributed by atoms with E-state index in [0.29, 0.717) is 6.04 Å². The molecule has 2 N–H and O–H groups in total. The molecule has 1 heterocycles. The zero-order valence-corrected chi connectivity index (χ0v) is 16.7. The lowest BCUT2D eigenvalue weighted by molar-refractivity contribution is 0.210. The average molecular weight is 426 g/mol. The van der Waals surface area contributed by atoms with Crippen LogP contribution >= 0.6 is 35.7 Å². The molecule has 1 saturated heterocycles. The van der Waals surface area contributed by atoms with E-state index in [2.05, 4.69) is 33.8 Å². The summed E-state index contributed by atoms with van der Waals surface area (Å²) in [5.41, 5.74) is 0. The van der Waals surface area contributed by atoms with Gasteiger partial charge >= 0.3 is 0 Å². The summed E-state index contributed by atoms with van der Waals surface area (Å²) in [6, 6.07) is 0.604. The minimum Gasteiger partial charge on any atom is -0.356 e. The van der Waals surface area contributed by atoms with Gasteiger partial charge in [0.1, 0.15) is 0 Å². The van der Waals surface area contributed by atoms with Crippen molar-refractivity contribution in [2.75, 3.05) is 40.0 Å². The molecule has 0 amide bonds. The molecule has 0 aromatic rings. The Morgan fingerprint density at radius 1 is 1.33 bits per heavy atom. The second-order valence-corrected chi connectivity index (χ2v) is 7.37. The van der Waals surface area contributed by atoms with Gasteiger partial charge in [0.15, 0.2) is 5.96 Å². The third-order valence-electron chi connectivity index (χ3n) is 4.56. The van der Waals surface area contributed by atoms with Gasteiger partial charge in [-0.2, -0.15) is 11.8 Å². The maximum Gasteiger partial charge on any atom is 0.191 e. The van der Waals surface area contributed by atoms with E-state index in [0.717, 1.165) is 23.7 Å². The molecule has 1 saturated carbocycles. The number of thioether (sulfide) groups is 1. The number of halogens is 1. The van der Waals surface area contributed by atoms with Crippen LogP contribution in [0.4, 0.5) is 0 Å². The van der Waals surface area contributed by atoms with Crippen LogP contribution in [-0.4, -0.2) is 62.1 Å². The van der Waals surface area contributed by atoms with Crippen LogP contribution in [0, 0.1) is 5.92 Å². The monoisotopic (exact) mass is 426 g/mol. The third-order valence-corrected chi connectivity index (χ3v) is 5.66. The van der Waals surface area contributed by atoms with Crippen molar-refractivity contribution in [1.29, 1.82) is 0 Å². The second-order valence-electron chi connectivity index (χ2n) is 6.24. The summed E-state index contributed by atoms with van der Waals surface area (Å²) in [4.78, 5) is 6.82. The predicted octanol–water partition coefficient (Wildman–Crippen LogP) is 2.40. The molecule has 2 fully saturated rings. The molecule has 1 aliphatic carbocycles. The zero-order valence-electron chi connectivity index (χ0n) is 13.6. The fourth-order valence-electron chi connectivity index (χ4n) is 3.35. The number of nitrogens with one attached hydrogen (secondary N) is 2. The van der Waals surface area contributed by atoms with Crippen LogP contribution in [0.25, 0.3) is 0 Å². The van der Waals surface area contributed by atoms with Gasteiger partial charge in [0.05, 0.1) is 0 Å². The van der Waals surface area contributed by atoms with Crippen LogP contribution in [0.1, 0.15) is 32.1 Å². The Hall–Kier alpha value is 0.310. The first-order valence-corrected chi connectivity index (χ1v) is 9.18. The summed E-state index contributed by atoms with van der Waals surface area (Å²) in [5, 5.41) is 7.95. The molecular formula is C15H31IN4S. The fraction of sp³-hybridized carbons (Fsp3) is 0.933. The van der Waals surface area contributed by atoms with Crippen molar-refractivity contribution in [2.45, 2.75) is 43.4 Å². The Balaban J connectivity index is 0.00000220. The summed E-state index contributed by atoms with van der Waals surface area (Å²) in [6.45, 7) is 3.51. The van der Waals surface area contributed by atoms with Crippen molar-refractivity contribution in [2.24, 2.45) is 10.9 Å². The molecule has 0 aromatic carbocycles. The first-order chi connectivity index (χ1) is 9.71. The van der Waals surface area contributed by atoms with Gasteiger partial charge < -0.3 is 15.5 Å². The molecule has 0 bridgehead atoms. The third kappa shape index (κ3) is 6.52. The average Bonchev–Trinajstić information content (AvgIpc) is 2.91. The molecule has 2 rings (SSSR count). The van der Waals surface area contributed by atoms with Crippen molar-refractivity contribution in [3.05, 3.63) is 0 Å². The van der Waals surface area contributed by atoms with Gasteiger partial charge in [-0.1, -0.05) is 0 Å². The number of hydrogen-bond donors (Lipinski definition) is 2. The molecule has 1 aliphatic heterocycles. The first-order valence-electron chi connectivity index (χ1n) is 7.89. The summed E-state index contributed by atoms with van der Waals surface area (Å²) < 4.78 is 0. The van der Waals surface area contributed by atoms with E-state index >= 15 is 0 Å². The molecule has 124 valence electrons. The number of piperidine rings is 1. The van der Waals surface area contributed by atoms with Gasteiger partial charge in [-0.05, 0) is 57.9 Å². The summed E-state index contributed by atoms with van der Waals surface area (Å²) in [5.74, 6) is 1.75. The van der Waals surface area contributed by atoms with E-state index in [1.165, 1.54) is 45.2 Å². The van der Waals surface area contributed by atoms with E-state index in [1.807, 2.05) is 18.8 Å². The van der Waals surface area contributed by atoms with Crippen molar-refractivity contribution >= 4 is 41.7 Å². The van der Waals surface area contributed by atoms with Gasteiger partial charge in [0.25, 0.3) is 0 Å². The first kappa shape index (κ1) is 19.4. The van der Waals surface area contributed by atoms with E-state index in [-0.39, 0.29) is 24.0 Å². The Morgan fingerprint density at radius 3 is 2.76 bits per heavy atom. The number of hydrogen-bond acceptors (Lipinski definition) is 3. The minimum atomic E-state index is 0. The zero-order chi connectivity index (χ0) is 14.4. The van der Waals surface area contributed by atoms with Crippen LogP contribution in [0.15, 0.2) is 4.99 Å². The van der Waals surface area contributed by atoms with E-state index in [1.54, 1.807) is 0 Å². The molecule has 0 spiro atoms. The van der Waals surface area contributed by atoms with E-state index in [9.17, 15) is 0 Å². The smallest absolute Gasteiger partial charge is 0.191 e. The number of guanidine groups is 1. The summed E-state index contributed by atoms with van der Waals surface area (Å²) >= 11 is 2.00. The molecule has 3 unspecified atom stereocenters. The number of likely N-dealkylation sites (tertiary alicyclic amines) is 1. The number of nitrogens with zero attached hydrogens (tertiary/aromatic N) is 2. The molecule has 3 atom stereocenters. The van der Waals surface area contributed by atoms with Gasteiger partial charge in [-0.3, -0.25) is 4.99 Å². The lowest BCUT2D eigenvalue weighted by atomic mass is 9.99. The van der Waals surface area contributed by atoms with Crippen LogP contribution < -0.4 is 10.6 Å². The van der Waals surface area contributed by atoms with Crippen LogP contribution in [0.5, 0.6) is 0 Å². The Labute approximate surface area is 151 Å². The SMILES string of the molecule is CN=C(NCC1CCCN(C)C1)NC1CCC(SC)C1.I. The lowest BCUT2D eigenvalue weighted by Gasteiger charge is -2.30. The van der Waals surface area contributed by atoms with Gasteiger partial charge in [-0.25, -0.2) is 0 Å². The summed E-state index contributed by atoms with van der Waals surface area (Å²) in [6.07, 6.45) is 8.77. The molecular weight excluding hydrogens is 395 g/mol. The minimum absolute atomic E-state index is 0. The molecule has 4 nitrogen and oxygen atoms in total. The highest BCUT2D eigenvalue weighted by Crippen LogP contribution is 2.28. The van der Waals surface area contributed by atoms with Crippen molar-refractivity contribution in [3.8, 4) is 0 Å². The largest absolute Gasteiger partial charge is 0.356 e. The van der Waals surface area contributed by atoms with Crippen LogP contribution in [-0.2, 0) is 0 Å². The standard InChI is InChI=1S/C15H30N4S.HI/c1-16-15(18-13-6-7-14(9-13)20-3)17-10-12-5-4-8-19(2)11-12;/h12-14H,4-11H2,1-3H3,(H2,16,17,18);1H. The van der Waals surface area contributed by atoms with Crippen LogP contribution in [0.3, 0.4) is 0 Å². The van der Waals surface area contributed by atoms with Gasteiger partial charge in [-0.15, -0.1) is 24.0 Å². The van der Waals surface area contributed by atoms with Gasteiger partial charge in [0, 0.05) is 31.4 Å². The van der Waals surface area contributed by atoms with Crippen molar-refractivity contribution < 1.29 is 0 Å². The highest BCUT2D eigenvalue weighted by molar-refractivity contribution is 14.0. The maximum atomic E-state index is 4.38. The molecule has 0 radical (unpaired) electrons.